The van der Waals surface area contributed by atoms with Gasteiger partial charge in [0.25, 0.3) is 0 Å². The number of hydrogen-bond donors (Lipinski definition) is 4. The van der Waals surface area contributed by atoms with Gasteiger partial charge < -0.3 is 71.4 Å². The molecule has 4 N–H and O–H groups in total. The van der Waals surface area contributed by atoms with Gasteiger partial charge in [0, 0.05) is 0 Å². The van der Waals surface area contributed by atoms with Crippen LogP contribution in [0.15, 0.2) is 60.7 Å². The second-order valence-electron chi connectivity index (χ2n) is 3.81. The Hall–Kier alpha value is -1.25. The molecule has 4 nitrogen and oxygen atoms in total. The zero-order valence-electron chi connectivity index (χ0n) is 11.7. The average molecular weight is 425 g/mol. The normalized spacial score (nSPS) is 8.35. The van der Waals surface area contributed by atoms with Crippen molar-refractivity contribution in [2.24, 2.45) is 0 Å². The fourth-order valence-corrected chi connectivity index (χ4v) is 1.49. The second-order valence-corrected chi connectivity index (χ2v) is 5.96. The predicted octanol–water partition coefficient (Wildman–Crippen LogP) is 2.87. The average Bonchev–Trinajstić information content (AvgIpc) is 2.53. The van der Waals surface area contributed by atoms with E-state index in [2.05, 4.69) is 71.4 Å². The summed E-state index contributed by atoms with van der Waals surface area (Å²) >= 11 is 18.5. The molecule has 0 saturated heterocycles. The van der Waals surface area contributed by atoms with E-state index in [1.54, 1.807) is 0 Å². The summed E-state index contributed by atoms with van der Waals surface area (Å²) in [7, 11) is 0. The van der Waals surface area contributed by atoms with Crippen LogP contribution in [0.2, 0.25) is 0 Å². The van der Waals surface area contributed by atoms with Crippen LogP contribution in [0.3, 0.4) is 0 Å². The summed E-state index contributed by atoms with van der Waals surface area (Å²) in [4.78, 5) is 0. The van der Waals surface area contributed by atoms with Crippen molar-refractivity contribution in [3.63, 3.8) is 0 Å². The Labute approximate surface area is 167 Å². The van der Waals surface area contributed by atoms with Gasteiger partial charge in [-0.15, -0.1) is 0 Å². The molecule has 0 aromatic heterocycles. The van der Waals surface area contributed by atoms with Gasteiger partial charge >= 0.3 is 16.5 Å². The van der Waals surface area contributed by atoms with Gasteiger partial charge in [-0.05, 0) is 32.9 Å². The molecule has 0 radical (unpaired) electrons. The maximum Gasteiger partial charge on any atom is 2.00 e. The Balaban J connectivity index is 0.000000403. The quantitative estimate of drug-likeness (QED) is 0.258. The summed E-state index contributed by atoms with van der Waals surface area (Å²) in [6, 6.07) is 19.3. The third kappa shape index (κ3) is 11.9. The van der Waals surface area contributed by atoms with Gasteiger partial charge in [0.1, 0.15) is 0 Å². The molecule has 2 rings (SSSR count). The summed E-state index contributed by atoms with van der Waals surface area (Å²) in [5.74, 6) is 0. The van der Waals surface area contributed by atoms with Gasteiger partial charge in [0.15, 0.2) is 0 Å². The molecule has 2 aromatic rings. The molecule has 0 amide bonds. The third-order valence-electron chi connectivity index (χ3n) is 2.17. The van der Waals surface area contributed by atoms with Crippen LogP contribution in [0.4, 0.5) is 11.4 Å². The summed E-state index contributed by atoms with van der Waals surface area (Å²) in [6.07, 6.45) is 0. The van der Waals surface area contributed by atoms with Gasteiger partial charge in [-0.2, -0.15) is 0 Å². The van der Waals surface area contributed by atoms with Crippen molar-refractivity contribution in [2.75, 3.05) is 10.9 Å². The first-order valence-corrected chi connectivity index (χ1v) is 7.77. The summed E-state index contributed by atoms with van der Waals surface area (Å²) in [6.45, 7) is 0. The number of hydrogen-bond acceptors (Lipinski definition) is 6. The molecule has 0 aliphatic heterocycles. The number of benzene rings is 2. The zero-order chi connectivity index (χ0) is 16.2. The first kappa shape index (κ1) is 21.8. The van der Waals surface area contributed by atoms with Crippen LogP contribution < -0.4 is 21.7 Å². The summed E-state index contributed by atoms with van der Waals surface area (Å²) < 4.78 is 0.628. The molecule has 0 bridgehead atoms. The minimum Gasteiger partial charge on any atom is -0.410 e. The molecule has 0 heterocycles. The van der Waals surface area contributed by atoms with Crippen molar-refractivity contribution in [1.82, 2.24) is 10.9 Å². The fourth-order valence-electron chi connectivity index (χ4n) is 1.29. The fraction of sp³-hybridized carbons (Fsp3) is 0. The van der Waals surface area contributed by atoms with Crippen molar-refractivity contribution in [2.45, 2.75) is 0 Å². The number of hydrazine groups is 2. The monoisotopic (exact) mass is 424 g/mol. The SMILES string of the molecule is S=C([S-])NNc1ccccc1.S=C([S-])NNc1ccccc1.[Ni+2]. The number of nitrogens with one attached hydrogen (secondary N) is 4. The Morgan fingerprint density at radius 3 is 1.22 bits per heavy atom. The van der Waals surface area contributed by atoms with Crippen molar-refractivity contribution >= 4 is 69.7 Å². The maximum absolute atomic E-state index is 4.64. The third-order valence-corrected chi connectivity index (χ3v) is 2.57. The number of para-hydroxylation sites is 2. The van der Waals surface area contributed by atoms with E-state index in [0.717, 1.165) is 11.4 Å². The van der Waals surface area contributed by atoms with E-state index >= 15 is 0 Å². The minimum absolute atomic E-state index is 0. The first-order valence-electron chi connectivity index (χ1n) is 6.14. The topological polar surface area (TPSA) is 48.1 Å². The van der Waals surface area contributed by atoms with E-state index in [9.17, 15) is 0 Å². The molecule has 0 spiro atoms. The summed E-state index contributed by atoms with van der Waals surface area (Å²) in [5, 5.41) is 0. The van der Waals surface area contributed by atoms with Gasteiger partial charge in [-0.3, -0.25) is 0 Å². The second kappa shape index (κ2) is 13.2. The van der Waals surface area contributed by atoms with Crippen molar-refractivity contribution in [3.05, 3.63) is 60.7 Å². The smallest absolute Gasteiger partial charge is 0.410 e. The van der Waals surface area contributed by atoms with Crippen LogP contribution in [0.5, 0.6) is 0 Å². The number of anilines is 2. The molecule has 0 atom stereocenters. The molecular weight excluding hydrogens is 411 g/mol. The van der Waals surface area contributed by atoms with Crippen LogP contribution >= 0.6 is 24.4 Å². The van der Waals surface area contributed by atoms with Gasteiger partial charge in [-0.1, -0.05) is 36.4 Å². The zero-order valence-corrected chi connectivity index (χ0v) is 16.0. The van der Waals surface area contributed by atoms with E-state index < -0.39 is 0 Å². The number of rotatable bonds is 4. The van der Waals surface area contributed by atoms with Crippen LogP contribution in [0, 0.1) is 0 Å². The molecule has 0 aliphatic rings. The molecule has 9 heteroatoms. The summed E-state index contributed by atoms with van der Waals surface area (Å²) in [5.41, 5.74) is 12.9. The molecule has 0 unspecified atom stereocenters. The van der Waals surface area contributed by atoms with Crippen molar-refractivity contribution in [3.8, 4) is 0 Å². The van der Waals surface area contributed by atoms with Gasteiger partial charge in [0.05, 0.1) is 11.4 Å². The standard InChI is InChI=1S/2C7H8N2S2.Ni/c2*10-7(11)9-8-6-4-2-1-3-5-6;/h2*1-5,8H,(H2,9,10,11);/q;;+2/p-2. The predicted molar refractivity (Wildman–Crippen MR) is 106 cm³/mol. The molecule has 0 aliphatic carbocycles. The van der Waals surface area contributed by atoms with Crippen molar-refractivity contribution < 1.29 is 16.5 Å². The van der Waals surface area contributed by atoms with E-state index in [1.165, 1.54) is 0 Å². The van der Waals surface area contributed by atoms with Crippen LogP contribution in [0.25, 0.3) is 0 Å². The molecule has 2 aromatic carbocycles. The Morgan fingerprint density at radius 2 is 0.957 bits per heavy atom. The van der Waals surface area contributed by atoms with Crippen LogP contribution in [-0.2, 0) is 41.7 Å². The first-order chi connectivity index (χ1) is 10.6. The molecular formula is C14H14N4NiS4. The molecule has 0 fully saturated rings. The van der Waals surface area contributed by atoms with E-state index in [0.29, 0.717) is 8.64 Å². The van der Waals surface area contributed by atoms with E-state index in [4.69, 9.17) is 0 Å². The van der Waals surface area contributed by atoms with Gasteiger partial charge in [0.2, 0.25) is 0 Å². The molecule has 124 valence electrons. The Kier molecular flexibility index (Phi) is 12.5. The largest absolute Gasteiger partial charge is 2.00 e. The molecule has 23 heavy (non-hydrogen) atoms. The Bertz CT molecular complexity index is 530. The molecule has 0 saturated carbocycles. The number of thiocarbonyl (C=S) groups is 2. The Morgan fingerprint density at radius 1 is 0.652 bits per heavy atom. The van der Waals surface area contributed by atoms with Crippen LogP contribution in [-0.4, -0.2) is 8.64 Å². The van der Waals surface area contributed by atoms with Crippen molar-refractivity contribution in [1.29, 1.82) is 0 Å². The van der Waals surface area contributed by atoms with E-state index in [-0.39, 0.29) is 16.5 Å². The van der Waals surface area contributed by atoms with Gasteiger partial charge in [-0.25, -0.2) is 0 Å². The maximum atomic E-state index is 4.64. The van der Waals surface area contributed by atoms with Crippen LogP contribution in [0.1, 0.15) is 0 Å². The minimum atomic E-state index is 0. The van der Waals surface area contributed by atoms with E-state index in [1.807, 2.05) is 60.7 Å².